The fraction of sp³-hybridized carbons (Fsp3) is 0.105. The van der Waals surface area contributed by atoms with Crippen molar-refractivity contribution in [1.29, 1.82) is 0 Å². The molecule has 0 bridgehead atoms. The van der Waals surface area contributed by atoms with Gasteiger partial charge in [0.25, 0.3) is 11.5 Å². The maximum Gasteiger partial charge on any atom is 0.262 e. The average molecular weight is 369 g/mol. The van der Waals surface area contributed by atoms with E-state index in [1.807, 2.05) is 0 Å². The van der Waals surface area contributed by atoms with Crippen molar-refractivity contribution in [3.05, 3.63) is 87.2 Å². The quantitative estimate of drug-likeness (QED) is 0.536. The predicted octanol–water partition coefficient (Wildman–Crippen LogP) is 3.31. The molecule has 0 aliphatic heterocycles. The number of fused-ring (bicyclic) bond motifs is 1. The molecule has 0 saturated carbocycles. The van der Waals surface area contributed by atoms with E-state index in [-0.39, 0.29) is 28.6 Å². The van der Waals surface area contributed by atoms with Gasteiger partial charge >= 0.3 is 0 Å². The first kappa shape index (κ1) is 17.8. The Bertz CT molecular complexity index is 1100. The fourth-order valence-corrected chi connectivity index (χ4v) is 2.84. The molecule has 0 spiro atoms. The maximum absolute atomic E-state index is 12.9. The van der Waals surface area contributed by atoms with Crippen LogP contribution in [0.5, 0.6) is 0 Å². The van der Waals surface area contributed by atoms with Gasteiger partial charge in [-0.15, -0.1) is 6.58 Å². The number of hydrogen-bond donors (Lipinski definition) is 2. The summed E-state index contributed by atoms with van der Waals surface area (Å²) in [5.41, 5.74) is 1.44. The number of hydrogen-bond acceptors (Lipinski definition) is 3. The van der Waals surface area contributed by atoms with Crippen molar-refractivity contribution in [3.8, 4) is 0 Å². The van der Waals surface area contributed by atoms with Crippen LogP contribution >= 0.6 is 12.2 Å². The number of aromatic amines is 1. The molecule has 2 aromatic carbocycles. The van der Waals surface area contributed by atoms with Crippen LogP contribution in [0.1, 0.15) is 15.9 Å². The lowest BCUT2D eigenvalue weighted by atomic mass is 10.1. The van der Waals surface area contributed by atoms with E-state index in [2.05, 4.69) is 16.9 Å². The SMILES string of the molecule is C=CCn1c(=S)[nH]c2cc(C(=O)NCc3ccc(F)cc3)ccc2c1=O. The third-order valence-corrected chi connectivity index (χ3v) is 4.24. The Morgan fingerprint density at radius 1 is 1.27 bits per heavy atom. The van der Waals surface area contributed by atoms with Crippen LogP contribution in [0.3, 0.4) is 0 Å². The number of benzene rings is 2. The van der Waals surface area contributed by atoms with E-state index in [0.717, 1.165) is 5.56 Å². The summed E-state index contributed by atoms with van der Waals surface area (Å²) in [6.07, 6.45) is 1.59. The van der Waals surface area contributed by atoms with Gasteiger partial charge in [-0.1, -0.05) is 18.2 Å². The van der Waals surface area contributed by atoms with Crippen molar-refractivity contribution in [3.63, 3.8) is 0 Å². The van der Waals surface area contributed by atoms with Gasteiger partial charge in [-0.2, -0.15) is 0 Å². The van der Waals surface area contributed by atoms with E-state index in [0.29, 0.717) is 23.0 Å². The van der Waals surface area contributed by atoms with Crippen LogP contribution in [0, 0.1) is 10.6 Å². The fourth-order valence-electron chi connectivity index (χ4n) is 2.58. The smallest absolute Gasteiger partial charge is 0.262 e. The van der Waals surface area contributed by atoms with Crippen LogP contribution in [-0.4, -0.2) is 15.5 Å². The molecule has 1 amide bonds. The third-order valence-electron chi connectivity index (χ3n) is 3.92. The largest absolute Gasteiger partial charge is 0.348 e. The monoisotopic (exact) mass is 369 g/mol. The maximum atomic E-state index is 12.9. The summed E-state index contributed by atoms with van der Waals surface area (Å²) in [6.45, 7) is 4.19. The number of amides is 1. The number of H-pyrrole nitrogens is 1. The number of aromatic nitrogens is 2. The Labute approximate surface area is 153 Å². The number of carbonyl (C=O) groups excluding carboxylic acids is 1. The molecule has 3 rings (SSSR count). The highest BCUT2D eigenvalue weighted by molar-refractivity contribution is 7.71. The first-order valence-corrected chi connectivity index (χ1v) is 8.31. The number of nitrogens with zero attached hydrogens (tertiary/aromatic N) is 1. The highest BCUT2D eigenvalue weighted by Crippen LogP contribution is 2.11. The number of halogens is 1. The zero-order chi connectivity index (χ0) is 18.7. The lowest BCUT2D eigenvalue weighted by Crippen LogP contribution is -2.24. The number of rotatable bonds is 5. The zero-order valence-electron chi connectivity index (χ0n) is 13.8. The molecule has 132 valence electrons. The second-order valence-electron chi connectivity index (χ2n) is 5.70. The van der Waals surface area contributed by atoms with E-state index in [4.69, 9.17) is 12.2 Å². The van der Waals surface area contributed by atoms with Crippen LogP contribution < -0.4 is 10.9 Å². The van der Waals surface area contributed by atoms with Crippen LogP contribution in [0.2, 0.25) is 0 Å². The third kappa shape index (κ3) is 3.62. The second kappa shape index (κ2) is 7.45. The summed E-state index contributed by atoms with van der Waals surface area (Å²) in [5.74, 6) is -0.627. The van der Waals surface area contributed by atoms with Gasteiger partial charge in [0.1, 0.15) is 5.82 Å². The normalized spacial score (nSPS) is 10.7. The van der Waals surface area contributed by atoms with E-state index >= 15 is 0 Å². The lowest BCUT2D eigenvalue weighted by molar-refractivity contribution is 0.0951. The van der Waals surface area contributed by atoms with Crippen molar-refractivity contribution >= 4 is 29.0 Å². The van der Waals surface area contributed by atoms with Crippen molar-refractivity contribution < 1.29 is 9.18 Å². The van der Waals surface area contributed by atoms with Gasteiger partial charge in [0, 0.05) is 18.7 Å². The molecule has 1 heterocycles. The molecule has 1 aromatic heterocycles. The molecule has 7 heteroatoms. The summed E-state index contributed by atoms with van der Waals surface area (Å²) >= 11 is 5.20. The summed E-state index contributed by atoms with van der Waals surface area (Å²) in [6, 6.07) is 10.7. The molecule has 2 N–H and O–H groups in total. The minimum atomic E-state index is -0.327. The van der Waals surface area contributed by atoms with Crippen molar-refractivity contribution in [2.45, 2.75) is 13.1 Å². The molecule has 0 atom stereocenters. The lowest BCUT2D eigenvalue weighted by Gasteiger charge is -2.08. The molecular formula is C19H16FN3O2S. The molecule has 5 nitrogen and oxygen atoms in total. The molecule has 0 saturated heterocycles. The van der Waals surface area contributed by atoms with Crippen LogP contribution in [0.15, 0.2) is 59.9 Å². The summed E-state index contributed by atoms with van der Waals surface area (Å²) in [4.78, 5) is 27.8. The van der Waals surface area contributed by atoms with Crippen LogP contribution in [0.25, 0.3) is 10.9 Å². The van der Waals surface area contributed by atoms with E-state index in [9.17, 15) is 14.0 Å². The van der Waals surface area contributed by atoms with Gasteiger partial charge < -0.3 is 10.3 Å². The summed E-state index contributed by atoms with van der Waals surface area (Å²) < 4.78 is 14.6. The highest BCUT2D eigenvalue weighted by Gasteiger charge is 2.10. The first-order chi connectivity index (χ1) is 12.5. The Morgan fingerprint density at radius 2 is 2.00 bits per heavy atom. The predicted molar refractivity (Wildman–Crippen MR) is 101 cm³/mol. The van der Waals surface area contributed by atoms with Crippen molar-refractivity contribution in [2.75, 3.05) is 0 Å². The first-order valence-electron chi connectivity index (χ1n) is 7.90. The Balaban J connectivity index is 1.86. The van der Waals surface area contributed by atoms with Gasteiger partial charge in [0.05, 0.1) is 10.9 Å². The molecule has 0 aliphatic rings. The van der Waals surface area contributed by atoms with Crippen LogP contribution in [-0.2, 0) is 13.1 Å². The van der Waals surface area contributed by atoms with Crippen LogP contribution in [0.4, 0.5) is 4.39 Å². The Kier molecular flexibility index (Phi) is 5.09. The molecule has 0 fully saturated rings. The zero-order valence-corrected chi connectivity index (χ0v) is 14.6. The van der Waals surface area contributed by atoms with E-state index < -0.39 is 0 Å². The molecular weight excluding hydrogens is 353 g/mol. The Morgan fingerprint density at radius 3 is 2.69 bits per heavy atom. The number of nitrogens with one attached hydrogen (secondary N) is 2. The second-order valence-corrected chi connectivity index (χ2v) is 6.09. The number of allylic oxidation sites excluding steroid dienone is 1. The Hall–Kier alpha value is -3.06. The summed E-state index contributed by atoms with van der Waals surface area (Å²) in [7, 11) is 0. The minimum absolute atomic E-state index is 0.234. The molecule has 3 aromatic rings. The van der Waals surface area contributed by atoms with Crippen molar-refractivity contribution in [2.24, 2.45) is 0 Å². The topological polar surface area (TPSA) is 66.9 Å². The van der Waals surface area contributed by atoms with Gasteiger partial charge in [-0.05, 0) is 48.1 Å². The van der Waals surface area contributed by atoms with Gasteiger partial charge in [-0.3, -0.25) is 14.2 Å². The molecule has 0 radical (unpaired) electrons. The number of carbonyl (C=O) groups is 1. The molecule has 0 unspecified atom stereocenters. The molecule has 26 heavy (non-hydrogen) atoms. The van der Waals surface area contributed by atoms with E-state index in [1.54, 1.807) is 36.4 Å². The van der Waals surface area contributed by atoms with Gasteiger partial charge in [-0.25, -0.2) is 4.39 Å². The highest BCUT2D eigenvalue weighted by atomic mass is 32.1. The standard InChI is InChI=1S/C19H16FN3O2S/c1-2-9-23-18(25)15-8-5-13(10-16(15)22-19(23)26)17(24)21-11-12-3-6-14(20)7-4-12/h2-8,10H,1,9,11H2,(H,21,24)(H,22,26). The van der Waals surface area contributed by atoms with Crippen molar-refractivity contribution in [1.82, 2.24) is 14.9 Å². The minimum Gasteiger partial charge on any atom is -0.348 e. The van der Waals surface area contributed by atoms with Gasteiger partial charge in [0.2, 0.25) is 0 Å². The van der Waals surface area contributed by atoms with E-state index in [1.165, 1.54) is 16.7 Å². The van der Waals surface area contributed by atoms with Gasteiger partial charge in [0.15, 0.2) is 4.77 Å². The summed E-state index contributed by atoms with van der Waals surface area (Å²) in [5, 5.41) is 3.20. The molecule has 0 aliphatic carbocycles. The average Bonchev–Trinajstić information content (AvgIpc) is 2.64.